The normalized spacial score (nSPS) is 16.5. The van der Waals surface area contributed by atoms with E-state index in [-0.39, 0.29) is 17.7 Å². The summed E-state index contributed by atoms with van der Waals surface area (Å²) in [6, 6.07) is 5.03. The topological polar surface area (TPSA) is 72.2 Å². The number of anilines is 1. The van der Waals surface area contributed by atoms with Crippen molar-refractivity contribution in [1.29, 1.82) is 0 Å². The molecule has 17 heavy (non-hydrogen) atoms. The summed E-state index contributed by atoms with van der Waals surface area (Å²) in [5, 5.41) is 3.25. The number of nitrogen functional groups attached to an aromatic ring is 1. The van der Waals surface area contributed by atoms with E-state index < -0.39 is 10.8 Å². The number of nitrogens with one attached hydrogen (secondary N) is 1. The van der Waals surface area contributed by atoms with E-state index in [0.717, 1.165) is 12.8 Å². The second kappa shape index (κ2) is 5.06. The van der Waals surface area contributed by atoms with Crippen LogP contribution in [0.5, 0.6) is 0 Å². The van der Waals surface area contributed by atoms with E-state index in [9.17, 15) is 9.00 Å². The second-order valence-electron chi connectivity index (χ2n) is 4.01. The summed E-state index contributed by atoms with van der Waals surface area (Å²) in [4.78, 5) is 11.9. The Morgan fingerprint density at radius 1 is 1.53 bits per heavy atom. The minimum atomic E-state index is -1.45. The van der Waals surface area contributed by atoms with Crippen molar-refractivity contribution in [2.24, 2.45) is 0 Å². The highest BCUT2D eigenvalue weighted by Crippen LogP contribution is 2.22. The van der Waals surface area contributed by atoms with Crippen molar-refractivity contribution in [2.45, 2.75) is 23.8 Å². The fourth-order valence-electron chi connectivity index (χ4n) is 1.40. The molecule has 0 aliphatic heterocycles. The standard InChI is InChI=1S/C11H13ClN2O2S/c12-7-1-4-9(13)10(5-7)17(16)6-11(15)14-8-2-3-8/h1,4-5,8H,2-3,6,13H2,(H,14,15). The van der Waals surface area contributed by atoms with Crippen LogP contribution in [0.4, 0.5) is 5.69 Å². The molecule has 4 nitrogen and oxygen atoms in total. The highest BCUT2D eigenvalue weighted by atomic mass is 35.5. The molecule has 0 bridgehead atoms. The van der Waals surface area contributed by atoms with Crippen molar-refractivity contribution in [1.82, 2.24) is 5.32 Å². The van der Waals surface area contributed by atoms with E-state index in [1.165, 1.54) is 6.07 Å². The molecular weight excluding hydrogens is 260 g/mol. The first-order chi connectivity index (χ1) is 8.06. The van der Waals surface area contributed by atoms with Crippen LogP contribution in [0, 0.1) is 0 Å². The molecule has 1 aromatic rings. The Morgan fingerprint density at radius 3 is 2.88 bits per heavy atom. The van der Waals surface area contributed by atoms with Gasteiger partial charge in [-0.2, -0.15) is 0 Å². The molecule has 6 heteroatoms. The predicted molar refractivity (Wildman–Crippen MR) is 68.3 cm³/mol. The Hall–Kier alpha value is -1.07. The van der Waals surface area contributed by atoms with Crippen molar-refractivity contribution in [3.8, 4) is 0 Å². The van der Waals surface area contributed by atoms with E-state index in [1.807, 2.05) is 0 Å². The van der Waals surface area contributed by atoms with Gasteiger partial charge in [0, 0.05) is 16.8 Å². The Kier molecular flexibility index (Phi) is 3.69. The van der Waals surface area contributed by atoms with Gasteiger partial charge in [-0.15, -0.1) is 0 Å². The number of carbonyl (C=O) groups is 1. The molecular formula is C11H13ClN2O2S. The first-order valence-electron chi connectivity index (χ1n) is 5.29. The van der Waals surface area contributed by atoms with Gasteiger partial charge in [-0.3, -0.25) is 9.00 Å². The van der Waals surface area contributed by atoms with Crippen molar-refractivity contribution in [3.63, 3.8) is 0 Å². The molecule has 92 valence electrons. The molecule has 0 saturated heterocycles. The van der Waals surface area contributed by atoms with Crippen LogP contribution in [0.25, 0.3) is 0 Å². The number of nitrogens with two attached hydrogens (primary N) is 1. The summed E-state index contributed by atoms with van der Waals surface area (Å²) in [5.74, 6) is -0.272. The summed E-state index contributed by atoms with van der Waals surface area (Å²) in [5.41, 5.74) is 6.09. The van der Waals surface area contributed by atoms with Gasteiger partial charge in [-0.1, -0.05) is 11.6 Å². The number of halogens is 1. The molecule has 1 aromatic carbocycles. The zero-order valence-corrected chi connectivity index (χ0v) is 10.7. The fourth-order valence-corrected chi connectivity index (χ4v) is 2.70. The highest BCUT2D eigenvalue weighted by Gasteiger charge is 2.24. The molecule has 1 aliphatic rings. The van der Waals surface area contributed by atoms with Gasteiger partial charge in [0.2, 0.25) is 5.91 Å². The summed E-state index contributed by atoms with van der Waals surface area (Å²) >= 11 is 5.80. The maximum atomic E-state index is 11.9. The summed E-state index contributed by atoms with van der Waals surface area (Å²) < 4.78 is 11.9. The zero-order valence-electron chi connectivity index (χ0n) is 9.11. The van der Waals surface area contributed by atoms with Gasteiger partial charge in [0.05, 0.1) is 15.7 Å². The molecule has 0 aromatic heterocycles. The Bertz CT molecular complexity index is 475. The molecule has 2 rings (SSSR count). The van der Waals surface area contributed by atoms with Gasteiger partial charge < -0.3 is 11.1 Å². The molecule has 1 unspecified atom stereocenters. The number of carbonyl (C=O) groups excluding carboxylic acids is 1. The second-order valence-corrected chi connectivity index (χ2v) is 5.87. The van der Waals surface area contributed by atoms with Gasteiger partial charge in [0.15, 0.2) is 0 Å². The molecule has 1 saturated carbocycles. The number of hydrogen-bond acceptors (Lipinski definition) is 3. The highest BCUT2D eigenvalue weighted by molar-refractivity contribution is 7.86. The van der Waals surface area contributed by atoms with Gasteiger partial charge in [-0.05, 0) is 31.0 Å². The van der Waals surface area contributed by atoms with Crippen LogP contribution in [0.1, 0.15) is 12.8 Å². The maximum absolute atomic E-state index is 11.9. The van der Waals surface area contributed by atoms with Gasteiger partial charge in [0.25, 0.3) is 0 Å². The largest absolute Gasteiger partial charge is 0.398 e. The number of hydrogen-bond donors (Lipinski definition) is 2. The van der Waals surface area contributed by atoms with Crippen LogP contribution in [-0.2, 0) is 15.6 Å². The average Bonchev–Trinajstić information content (AvgIpc) is 3.05. The lowest BCUT2D eigenvalue weighted by molar-refractivity contribution is -0.118. The molecule has 1 fully saturated rings. The SMILES string of the molecule is Nc1ccc(Cl)cc1S(=O)CC(=O)NC1CC1. The first kappa shape index (κ1) is 12.4. The van der Waals surface area contributed by atoms with Crippen LogP contribution < -0.4 is 11.1 Å². The smallest absolute Gasteiger partial charge is 0.233 e. The van der Waals surface area contributed by atoms with E-state index >= 15 is 0 Å². The summed E-state index contributed by atoms with van der Waals surface area (Å²) in [6.45, 7) is 0. The molecule has 3 N–H and O–H groups in total. The fraction of sp³-hybridized carbons (Fsp3) is 0.364. The molecule has 1 atom stereocenters. The van der Waals surface area contributed by atoms with E-state index in [4.69, 9.17) is 17.3 Å². The van der Waals surface area contributed by atoms with Crippen LogP contribution >= 0.6 is 11.6 Å². The number of rotatable bonds is 4. The van der Waals surface area contributed by atoms with E-state index in [0.29, 0.717) is 15.6 Å². The lowest BCUT2D eigenvalue weighted by Crippen LogP contribution is -2.30. The third-order valence-corrected chi connectivity index (χ3v) is 4.03. The van der Waals surface area contributed by atoms with Crippen LogP contribution in [0.15, 0.2) is 23.1 Å². The van der Waals surface area contributed by atoms with Gasteiger partial charge in [-0.25, -0.2) is 0 Å². The van der Waals surface area contributed by atoms with Gasteiger partial charge >= 0.3 is 0 Å². The Morgan fingerprint density at radius 2 is 2.24 bits per heavy atom. The van der Waals surface area contributed by atoms with E-state index in [2.05, 4.69) is 5.32 Å². The third-order valence-electron chi connectivity index (χ3n) is 2.43. The minimum Gasteiger partial charge on any atom is -0.398 e. The Labute approximate surface area is 107 Å². The molecule has 0 heterocycles. The summed E-state index contributed by atoms with van der Waals surface area (Å²) in [7, 11) is -1.45. The quantitative estimate of drug-likeness (QED) is 0.812. The minimum absolute atomic E-state index is 0.0684. The van der Waals surface area contributed by atoms with Gasteiger partial charge in [0.1, 0.15) is 5.75 Å². The average molecular weight is 273 g/mol. The first-order valence-corrected chi connectivity index (χ1v) is 6.98. The number of benzene rings is 1. The molecule has 1 amide bonds. The summed E-state index contributed by atoms with van der Waals surface area (Å²) in [6.07, 6.45) is 2.02. The van der Waals surface area contributed by atoms with Crippen molar-refractivity contribution in [2.75, 3.05) is 11.5 Å². The Balaban J connectivity index is 2.02. The maximum Gasteiger partial charge on any atom is 0.233 e. The third kappa shape index (κ3) is 3.44. The molecule has 0 spiro atoms. The predicted octanol–water partition coefficient (Wildman–Crippen LogP) is 1.31. The van der Waals surface area contributed by atoms with Crippen LogP contribution in [0.3, 0.4) is 0 Å². The van der Waals surface area contributed by atoms with Crippen molar-refractivity contribution < 1.29 is 9.00 Å². The van der Waals surface area contributed by atoms with Crippen molar-refractivity contribution in [3.05, 3.63) is 23.2 Å². The van der Waals surface area contributed by atoms with Crippen LogP contribution in [-0.4, -0.2) is 21.9 Å². The van der Waals surface area contributed by atoms with Crippen LogP contribution in [0.2, 0.25) is 5.02 Å². The lowest BCUT2D eigenvalue weighted by atomic mass is 10.3. The lowest BCUT2D eigenvalue weighted by Gasteiger charge is -2.06. The monoisotopic (exact) mass is 272 g/mol. The molecule has 0 radical (unpaired) electrons. The van der Waals surface area contributed by atoms with Crippen molar-refractivity contribution >= 4 is 34.0 Å². The molecule has 1 aliphatic carbocycles. The zero-order chi connectivity index (χ0) is 12.4. The number of amides is 1. The van der Waals surface area contributed by atoms with E-state index in [1.54, 1.807) is 12.1 Å².